The van der Waals surface area contributed by atoms with E-state index in [4.69, 9.17) is 21.3 Å². The van der Waals surface area contributed by atoms with E-state index in [0.29, 0.717) is 30.3 Å². The van der Waals surface area contributed by atoms with Gasteiger partial charge in [-0.25, -0.2) is 4.79 Å². The topological polar surface area (TPSA) is 136 Å². The first-order chi connectivity index (χ1) is 12.3. The highest BCUT2D eigenvalue weighted by atomic mass is 32.2. The van der Waals surface area contributed by atoms with Crippen molar-refractivity contribution < 1.29 is 24.2 Å². The van der Waals surface area contributed by atoms with Crippen LogP contribution in [0.4, 0.5) is 5.69 Å². The molecule has 2 rings (SSSR count). The number of anilines is 1. The Labute approximate surface area is 156 Å². The summed E-state index contributed by atoms with van der Waals surface area (Å²) in [7, 11) is 0. The smallest absolute Gasteiger partial charge is 0.327 e. The second-order valence-electron chi connectivity index (χ2n) is 5.65. The van der Waals surface area contributed by atoms with Crippen molar-refractivity contribution in [3.05, 3.63) is 29.8 Å². The summed E-state index contributed by atoms with van der Waals surface area (Å²) in [5.41, 5.74) is 12.9. The quantitative estimate of drug-likeness (QED) is 0.499. The monoisotopic (exact) mass is 383 g/mol. The molecule has 0 bridgehead atoms. The molecule has 1 unspecified atom stereocenters. The summed E-state index contributed by atoms with van der Waals surface area (Å²) in [5.74, 6) is -0.436. The maximum Gasteiger partial charge on any atom is 0.327 e. The molecule has 1 amide bonds. The number of rotatable bonds is 5. The van der Waals surface area contributed by atoms with Gasteiger partial charge in [0.2, 0.25) is 5.91 Å². The third-order valence-corrected chi connectivity index (χ3v) is 4.58. The summed E-state index contributed by atoms with van der Waals surface area (Å²) >= 11 is 1.47. The van der Waals surface area contributed by atoms with Gasteiger partial charge >= 0.3 is 11.9 Å². The van der Waals surface area contributed by atoms with Crippen LogP contribution in [0.15, 0.2) is 24.3 Å². The average Bonchev–Trinajstić information content (AvgIpc) is 3.06. The molecule has 8 nitrogen and oxygen atoms in total. The van der Waals surface area contributed by atoms with Crippen LogP contribution in [0.25, 0.3) is 0 Å². The first-order valence-electron chi connectivity index (χ1n) is 8.10. The molecular formula is C17H25N3O5S. The molecule has 9 heteroatoms. The molecule has 0 spiro atoms. The Bertz CT molecular complexity index is 621. The van der Waals surface area contributed by atoms with Gasteiger partial charge in [-0.05, 0) is 31.0 Å². The van der Waals surface area contributed by atoms with E-state index in [1.165, 1.54) is 23.6 Å². The Morgan fingerprint density at radius 1 is 1.42 bits per heavy atom. The van der Waals surface area contributed by atoms with E-state index in [0.717, 1.165) is 5.56 Å². The number of carbonyl (C=O) groups is 3. The summed E-state index contributed by atoms with van der Waals surface area (Å²) in [4.78, 5) is 33.9. The van der Waals surface area contributed by atoms with E-state index in [-0.39, 0.29) is 11.9 Å². The molecule has 5 N–H and O–H groups in total. The fraction of sp³-hybridized carbons (Fsp3) is 0.471. The van der Waals surface area contributed by atoms with E-state index in [1.54, 1.807) is 19.1 Å². The Hall–Kier alpha value is -2.26. The number of nitrogen functional groups attached to an aromatic ring is 1. The number of carbonyl (C=O) groups excluding carboxylic acids is 2. The molecule has 1 aliphatic rings. The predicted octanol–water partition coefficient (Wildman–Crippen LogP) is 0.694. The number of carboxylic acids is 1. The fourth-order valence-electron chi connectivity index (χ4n) is 2.26. The molecule has 1 aromatic rings. The summed E-state index contributed by atoms with van der Waals surface area (Å²) < 4.78 is 4.81. The van der Waals surface area contributed by atoms with Gasteiger partial charge in [0.1, 0.15) is 12.1 Å². The van der Waals surface area contributed by atoms with Crippen molar-refractivity contribution in [2.75, 3.05) is 24.0 Å². The number of benzene rings is 1. The third kappa shape index (κ3) is 6.93. The fourth-order valence-corrected chi connectivity index (χ4v) is 3.47. The van der Waals surface area contributed by atoms with Gasteiger partial charge in [0, 0.05) is 18.4 Å². The molecule has 26 heavy (non-hydrogen) atoms. The van der Waals surface area contributed by atoms with Crippen LogP contribution in [-0.4, -0.2) is 58.2 Å². The molecule has 1 fully saturated rings. The lowest BCUT2D eigenvalue weighted by atomic mass is 10.1. The van der Waals surface area contributed by atoms with Gasteiger partial charge in [-0.15, -0.1) is 11.8 Å². The average molecular weight is 383 g/mol. The SMILES string of the molecule is CC(=O)N1CSC[C@@H]1C(=O)O.CCOC(=O)C(N)Cc1cccc(N)c1. The van der Waals surface area contributed by atoms with E-state index in [2.05, 4.69) is 0 Å². The van der Waals surface area contributed by atoms with Crippen molar-refractivity contribution in [1.82, 2.24) is 4.90 Å². The van der Waals surface area contributed by atoms with Crippen LogP contribution in [0.1, 0.15) is 19.4 Å². The number of thioether (sulfide) groups is 1. The number of esters is 1. The molecule has 0 radical (unpaired) electrons. The number of aliphatic carboxylic acids is 1. The zero-order valence-electron chi connectivity index (χ0n) is 14.9. The lowest BCUT2D eigenvalue weighted by molar-refractivity contribution is -0.147. The Morgan fingerprint density at radius 3 is 2.62 bits per heavy atom. The number of amides is 1. The summed E-state index contributed by atoms with van der Waals surface area (Å²) in [6, 6.07) is 6.08. The third-order valence-electron chi connectivity index (χ3n) is 3.57. The standard InChI is InChI=1S/C11H16N2O2.C6H9NO3S/c1-2-15-11(14)10(13)7-8-4-3-5-9(12)6-8;1-4(8)7-3-11-2-5(7)6(9)10/h3-6,10H,2,7,12-13H2,1H3;5H,2-3H2,1H3,(H,9,10)/t;5-/m.1/s1. The maximum atomic E-state index is 11.3. The van der Waals surface area contributed by atoms with Crippen molar-refractivity contribution >= 4 is 35.3 Å². The molecule has 144 valence electrons. The molecule has 1 aromatic carbocycles. The number of ether oxygens (including phenoxy) is 1. The highest BCUT2D eigenvalue weighted by molar-refractivity contribution is 7.99. The number of carboxylic acid groups (broad SMARTS) is 1. The molecule has 2 atom stereocenters. The summed E-state index contributed by atoms with van der Waals surface area (Å²) in [5, 5.41) is 8.63. The van der Waals surface area contributed by atoms with Gasteiger partial charge in [0.15, 0.2) is 0 Å². The van der Waals surface area contributed by atoms with Crippen LogP contribution < -0.4 is 11.5 Å². The van der Waals surface area contributed by atoms with Gasteiger partial charge in [-0.2, -0.15) is 0 Å². The highest BCUT2D eigenvalue weighted by Gasteiger charge is 2.32. The number of nitrogens with two attached hydrogens (primary N) is 2. The summed E-state index contributed by atoms with van der Waals surface area (Å²) in [6.45, 7) is 3.50. The molecule has 1 saturated heterocycles. The van der Waals surface area contributed by atoms with Gasteiger partial charge in [0.25, 0.3) is 0 Å². The predicted molar refractivity (Wildman–Crippen MR) is 100 cm³/mol. The van der Waals surface area contributed by atoms with Gasteiger partial charge in [-0.1, -0.05) is 12.1 Å². The van der Waals surface area contributed by atoms with Crippen molar-refractivity contribution in [3.63, 3.8) is 0 Å². The highest BCUT2D eigenvalue weighted by Crippen LogP contribution is 2.20. The minimum Gasteiger partial charge on any atom is -0.480 e. The first-order valence-corrected chi connectivity index (χ1v) is 9.26. The molecular weight excluding hydrogens is 358 g/mol. The molecule has 0 aliphatic carbocycles. The zero-order chi connectivity index (χ0) is 19.7. The van der Waals surface area contributed by atoms with Gasteiger partial charge < -0.3 is 26.2 Å². The minimum atomic E-state index is -0.912. The summed E-state index contributed by atoms with van der Waals surface area (Å²) in [6.07, 6.45) is 0.448. The first kappa shape index (κ1) is 21.8. The van der Waals surface area contributed by atoms with Crippen LogP contribution >= 0.6 is 11.8 Å². The minimum absolute atomic E-state index is 0.164. The molecule has 1 aliphatic heterocycles. The van der Waals surface area contributed by atoms with Crippen molar-refractivity contribution in [2.24, 2.45) is 5.73 Å². The zero-order valence-corrected chi connectivity index (χ0v) is 15.7. The van der Waals surface area contributed by atoms with E-state index in [9.17, 15) is 14.4 Å². The van der Waals surface area contributed by atoms with Crippen molar-refractivity contribution in [1.29, 1.82) is 0 Å². The van der Waals surface area contributed by atoms with Crippen LogP contribution in [-0.2, 0) is 25.5 Å². The second-order valence-corrected chi connectivity index (χ2v) is 6.65. The lowest BCUT2D eigenvalue weighted by Gasteiger charge is -2.17. The lowest BCUT2D eigenvalue weighted by Crippen LogP contribution is -2.40. The number of nitrogens with zero attached hydrogens (tertiary/aromatic N) is 1. The second kappa shape index (κ2) is 10.7. The number of hydrogen-bond acceptors (Lipinski definition) is 7. The van der Waals surface area contributed by atoms with E-state index < -0.39 is 18.1 Å². The number of hydrogen-bond donors (Lipinski definition) is 3. The van der Waals surface area contributed by atoms with Gasteiger partial charge in [0.05, 0.1) is 12.5 Å². The molecule has 1 heterocycles. The molecule has 0 saturated carbocycles. The molecule has 0 aromatic heterocycles. The van der Waals surface area contributed by atoms with Gasteiger partial charge in [-0.3, -0.25) is 9.59 Å². The van der Waals surface area contributed by atoms with E-state index >= 15 is 0 Å². The largest absolute Gasteiger partial charge is 0.480 e. The van der Waals surface area contributed by atoms with E-state index in [1.807, 2.05) is 12.1 Å². The van der Waals surface area contributed by atoms with Crippen LogP contribution in [0.3, 0.4) is 0 Å². The van der Waals surface area contributed by atoms with Crippen LogP contribution in [0, 0.1) is 0 Å². The Morgan fingerprint density at radius 2 is 2.12 bits per heavy atom. The van der Waals surface area contributed by atoms with Crippen molar-refractivity contribution in [3.8, 4) is 0 Å². The Balaban J connectivity index is 0.000000273. The van der Waals surface area contributed by atoms with Crippen LogP contribution in [0.5, 0.6) is 0 Å². The van der Waals surface area contributed by atoms with Crippen molar-refractivity contribution in [2.45, 2.75) is 32.4 Å². The maximum absolute atomic E-state index is 11.3. The normalized spacial score (nSPS) is 17.0. The Kier molecular flexibility index (Phi) is 8.94. The van der Waals surface area contributed by atoms with Crippen LogP contribution in [0.2, 0.25) is 0 Å².